The van der Waals surface area contributed by atoms with E-state index in [4.69, 9.17) is 0 Å². The lowest BCUT2D eigenvalue weighted by molar-refractivity contribution is -0.137. The average Bonchev–Trinajstić information content (AvgIpc) is 3.17. The van der Waals surface area contributed by atoms with Gasteiger partial charge in [-0.25, -0.2) is 0 Å². The first kappa shape index (κ1) is 18.7. The molecule has 146 valence electrons. The average molecular weight is 406 g/mol. The second-order valence-corrected chi connectivity index (χ2v) is 7.71. The topological polar surface area (TPSA) is 52.2 Å². The first-order valence-electron chi connectivity index (χ1n) is 8.82. The zero-order valence-corrected chi connectivity index (χ0v) is 16.1. The standard InChI is InChI=1S/C19H17F3N4OS/c1-3-7-25-10-14-16(24-25)26-11(2)15(28-18(26)23-17(14)27)9-12-5-4-6-13(8-12)19(20,21)22/h4-6,8,10H,3,7,9H2,1-2H3. The molecular formula is C19H17F3N4OS. The zero-order valence-electron chi connectivity index (χ0n) is 15.2. The van der Waals surface area contributed by atoms with E-state index in [1.165, 1.54) is 17.4 Å². The van der Waals surface area contributed by atoms with Crippen molar-refractivity contribution in [3.8, 4) is 0 Å². The lowest BCUT2D eigenvalue weighted by atomic mass is 10.1. The van der Waals surface area contributed by atoms with Gasteiger partial charge in [-0.1, -0.05) is 25.1 Å². The molecule has 3 heterocycles. The van der Waals surface area contributed by atoms with Crippen LogP contribution < -0.4 is 5.56 Å². The van der Waals surface area contributed by atoms with Gasteiger partial charge in [0.15, 0.2) is 10.6 Å². The van der Waals surface area contributed by atoms with Gasteiger partial charge in [0.05, 0.1) is 5.56 Å². The van der Waals surface area contributed by atoms with Crippen LogP contribution in [0, 0.1) is 6.92 Å². The summed E-state index contributed by atoms with van der Waals surface area (Å²) >= 11 is 1.31. The number of hydrogen-bond acceptors (Lipinski definition) is 4. The maximum atomic E-state index is 13.0. The highest BCUT2D eigenvalue weighted by molar-refractivity contribution is 7.17. The largest absolute Gasteiger partial charge is 0.416 e. The van der Waals surface area contributed by atoms with Crippen molar-refractivity contribution < 1.29 is 13.2 Å². The Morgan fingerprint density at radius 2 is 2.04 bits per heavy atom. The first-order valence-corrected chi connectivity index (χ1v) is 9.64. The van der Waals surface area contributed by atoms with Crippen LogP contribution in [0.1, 0.15) is 35.0 Å². The molecule has 0 amide bonds. The third-order valence-corrected chi connectivity index (χ3v) is 5.74. The van der Waals surface area contributed by atoms with E-state index in [-0.39, 0.29) is 5.56 Å². The molecule has 0 fully saturated rings. The summed E-state index contributed by atoms with van der Waals surface area (Å²) in [7, 11) is 0. The monoisotopic (exact) mass is 406 g/mol. The fourth-order valence-corrected chi connectivity index (χ4v) is 4.39. The Bertz CT molecular complexity index is 1240. The van der Waals surface area contributed by atoms with Crippen LogP contribution in [0.2, 0.25) is 0 Å². The summed E-state index contributed by atoms with van der Waals surface area (Å²) in [6.45, 7) is 4.59. The van der Waals surface area contributed by atoms with Crippen LogP contribution >= 0.6 is 11.3 Å². The third-order valence-electron chi connectivity index (χ3n) is 4.60. The fourth-order valence-electron chi connectivity index (χ4n) is 3.25. The van der Waals surface area contributed by atoms with Crippen molar-refractivity contribution in [1.29, 1.82) is 0 Å². The van der Waals surface area contributed by atoms with Crippen LogP contribution in [0.3, 0.4) is 0 Å². The number of hydrogen-bond donors (Lipinski definition) is 0. The van der Waals surface area contributed by atoms with Gasteiger partial charge in [0.2, 0.25) is 0 Å². The molecule has 0 N–H and O–H groups in total. The summed E-state index contributed by atoms with van der Waals surface area (Å²) in [4.78, 5) is 17.8. The predicted octanol–water partition coefficient (Wildman–Crippen LogP) is 4.43. The first-order chi connectivity index (χ1) is 13.3. The minimum atomic E-state index is -4.38. The third kappa shape index (κ3) is 3.19. The number of benzene rings is 1. The SMILES string of the molecule is CCCn1cc2c(=O)nc3sc(Cc4cccc(C(F)(F)F)c4)c(C)n3c2n1. The Morgan fingerprint density at radius 3 is 2.75 bits per heavy atom. The fraction of sp³-hybridized carbons (Fsp3) is 0.316. The number of aromatic nitrogens is 4. The van der Waals surface area contributed by atoms with Gasteiger partial charge >= 0.3 is 6.18 Å². The van der Waals surface area contributed by atoms with Crippen molar-refractivity contribution in [3.05, 3.63) is 62.5 Å². The molecule has 4 aromatic rings. The number of fused-ring (bicyclic) bond motifs is 3. The summed E-state index contributed by atoms with van der Waals surface area (Å²) in [5, 5.41) is 4.96. The van der Waals surface area contributed by atoms with E-state index in [0.717, 1.165) is 29.1 Å². The van der Waals surface area contributed by atoms with Crippen molar-refractivity contribution in [2.75, 3.05) is 0 Å². The molecule has 0 spiro atoms. The van der Waals surface area contributed by atoms with Gasteiger partial charge in [0, 0.05) is 29.7 Å². The second kappa shape index (κ2) is 6.73. The van der Waals surface area contributed by atoms with Gasteiger partial charge in [-0.15, -0.1) is 11.3 Å². The Labute approximate surface area is 162 Å². The summed E-state index contributed by atoms with van der Waals surface area (Å²) in [5.74, 6) is 0. The van der Waals surface area contributed by atoms with Crippen molar-refractivity contribution in [2.45, 2.75) is 39.4 Å². The zero-order chi connectivity index (χ0) is 20.1. The van der Waals surface area contributed by atoms with Crippen molar-refractivity contribution >= 4 is 27.3 Å². The van der Waals surface area contributed by atoms with E-state index < -0.39 is 11.7 Å². The van der Waals surface area contributed by atoms with E-state index in [1.807, 2.05) is 18.2 Å². The predicted molar refractivity (Wildman–Crippen MR) is 102 cm³/mol. The molecule has 28 heavy (non-hydrogen) atoms. The molecular weight excluding hydrogens is 389 g/mol. The Morgan fingerprint density at radius 1 is 1.25 bits per heavy atom. The summed E-state index contributed by atoms with van der Waals surface area (Å²) in [6, 6.07) is 5.30. The smallest absolute Gasteiger partial charge is 0.271 e. The molecule has 4 rings (SSSR count). The molecule has 0 saturated heterocycles. The molecule has 1 aromatic carbocycles. The molecule has 0 bridgehead atoms. The van der Waals surface area contributed by atoms with Crippen LogP contribution in [-0.2, 0) is 19.1 Å². The Hall–Kier alpha value is -2.68. The van der Waals surface area contributed by atoms with E-state index in [1.54, 1.807) is 16.9 Å². The molecule has 0 atom stereocenters. The van der Waals surface area contributed by atoms with Gasteiger partial charge in [-0.2, -0.15) is 23.3 Å². The molecule has 0 unspecified atom stereocenters. The highest BCUT2D eigenvalue weighted by Crippen LogP contribution is 2.31. The van der Waals surface area contributed by atoms with Gasteiger partial charge in [-0.05, 0) is 25.0 Å². The minimum Gasteiger partial charge on any atom is -0.271 e. The van der Waals surface area contributed by atoms with Gasteiger partial charge in [0.1, 0.15) is 5.39 Å². The van der Waals surface area contributed by atoms with E-state index in [0.29, 0.717) is 34.5 Å². The second-order valence-electron chi connectivity index (χ2n) is 6.65. The molecule has 9 heteroatoms. The Balaban J connectivity index is 1.82. The van der Waals surface area contributed by atoms with Gasteiger partial charge in [-0.3, -0.25) is 13.9 Å². The summed E-state index contributed by atoms with van der Waals surface area (Å²) in [5.41, 5.74) is 0.908. The van der Waals surface area contributed by atoms with Crippen molar-refractivity contribution in [1.82, 2.24) is 19.2 Å². The van der Waals surface area contributed by atoms with Crippen molar-refractivity contribution in [2.24, 2.45) is 0 Å². The molecule has 0 aliphatic carbocycles. The quantitative estimate of drug-likeness (QED) is 0.504. The summed E-state index contributed by atoms with van der Waals surface area (Å²) in [6.07, 6.45) is -1.47. The number of thiazole rings is 1. The lowest BCUT2D eigenvalue weighted by Crippen LogP contribution is -2.08. The number of nitrogens with zero attached hydrogens (tertiary/aromatic N) is 4. The molecule has 3 aromatic heterocycles. The van der Waals surface area contributed by atoms with E-state index >= 15 is 0 Å². The maximum Gasteiger partial charge on any atom is 0.416 e. The number of rotatable bonds is 4. The van der Waals surface area contributed by atoms with Gasteiger partial charge < -0.3 is 0 Å². The number of halogens is 3. The molecule has 0 aliphatic heterocycles. The highest BCUT2D eigenvalue weighted by Gasteiger charge is 2.30. The normalized spacial score (nSPS) is 12.3. The Kier molecular flexibility index (Phi) is 4.49. The minimum absolute atomic E-state index is 0.329. The van der Waals surface area contributed by atoms with Crippen LogP contribution in [0.15, 0.2) is 35.3 Å². The molecule has 0 saturated carbocycles. The highest BCUT2D eigenvalue weighted by atomic mass is 32.1. The maximum absolute atomic E-state index is 13.0. The number of aryl methyl sites for hydroxylation is 2. The van der Waals surface area contributed by atoms with Crippen molar-refractivity contribution in [3.63, 3.8) is 0 Å². The molecule has 0 radical (unpaired) electrons. The van der Waals surface area contributed by atoms with Crippen LogP contribution in [0.5, 0.6) is 0 Å². The molecule has 0 aliphatic rings. The van der Waals surface area contributed by atoms with Gasteiger partial charge in [0.25, 0.3) is 5.56 Å². The lowest BCUT2D eigenvalue weighted by Gasteiger charge is -2.08. The van der Waals surface area contributed by atoms with Crippen LogP contribution in [-0.4, -0.2) is 19.2 Å². The van der Waals surface area contributed by atoms with E-state index in [9.17, 15) is 18.0 Å². The number of alkyl halides is 3. The van der Waals surface area contributed by atoms with Crippen LogP contribution in [0.25, 0.3) is 16.0 Å². The molecule has 5 nitrogen and oxygen atoms in total. The van der Waals surface area contributed by atoms with E-state index in [2.05, 4.69) is 10.1 Å². The van der Waals surface area contributed by atoms with Crippen LogP contribution in [0.4, 0.5) is 13.2 Å². The summed E-state index contributed by atoms with van der Waals surface area (Å²) < 4.78 is 42.5.